The Bertz CT molecular complexity index is 3650. The van der Waals surface area contributed by atoms with Gasteiger partial charge in [0, 0.05) is 32.9 Å². The molecule has 0 saturated carbocycles. The third kappa shape index (κ3) is 4.57. The number of hydrogen-bond donors (Lipinski definition) is 0. The van der Waals surface area contributed by atoms with Crippen molar-refractivity contribution in [2.45, 2.75) is 0 Å². The van der Waals surface area contributed by atoms with Gasteiger partial charge in [0.05, 0.1) is 49.5 Å². The van der Waals surface area contributed by atoms with Gasteiger partial charge in [-0.3, -0.25) is 0 Å². The summed E-state index contributed by atoms with van der Waals surface area (Å²) in [4.78, 5) is 0. The van der Waals surface area contributed by atoms with Crippen molar-refractivity contribution in [3.8, 4) is 44.8 Å². The Morgan fingerprint density at radius 2 is 0.680 bits per heavy atom. The van der Waals surface area contributed by atoms with Crippen LogP contribution in [0.2, 0.25) is 0 Å². The molecule has 0 N–H and O–H groups in total. The van der Waals surface area contributed by atoms with Crippen molar-refractivity contribution in [1.82, 2.24) is 9.13 Å². The molecule has 2 heteroatoms. The van der Waals surface area contributed by atoms with Crippen molar-refractivity contribution < 1.29 is 27.4 Å². The van der Waals surface area contributed by atoms with Crippen molar-refractivity contribution in [3.05, 3.63) is 194 Å². The standard InChI is InChI=1S/C48H32N2/c1-3-11-33(12-4-1)35-19-25-39(26-20-35)49-45-17-9-7-15-41(45)43-31-37(23-29-47(43)49)38-24-30-48-44(32-38)42-16-8-10-18-46(42)50(48)40-27-21-36(22-28-40)34-13-5-2-6-14-34/h1-32H/i1D,2D,3D,4D,5D,6D,7D,8D,11D,12D,13D,14D,19D,20D,21D,22D,25D,26D,27D,28D. The van der Waals surface area contributed by atoms with Gasteiger partial charge in [0.2, 0.25) is 0 Å². The lowest BCUT2D eigenvalue weighted by Gasteiger charge is -2.11. The Hall–Kier alpha value is -6.64. The fourth-order valence-electron chi connectivity index (χ4n) is 6.50. The van der Waals surface area contributed by atoms with Gasteiger partial charge >= 0.3 is 0 Å². The topological polar surface area (TPSA) is 9.86 Å². The van der Waals surface area contributed by atoms with E-state index in [1.165, 1.54) is 21.3 Å². The summed E-state index contributed by atoms with van der Waals surface area (Å²) < 4.78 is 176. The van der Waals surface area contributed by atoms with Crippen LogP contribution in [0.25, 0.3) is 88.4 Å². The molecule has 0 fully saturated rings. The summed E-state index contributed by atoms with van der Waals surface area (Å²) in [6, 6.07) is 8.95. The highest BCUT2D eigenvalue weighted by atomic mass is 15.0. The lowest BCUT2D eigenvalue weighted by Crippen LogP contribution is -1.94. The van der Waals surface area contributed by atoms with Gasteiger partial charge < -0.3 is 9.13 Å². The lowest BCUT2D eigenvalue weighted by atomic mass is 10.0. The van der Waals surface area contributed by atoms with Crippen molar-refractivity contribution >= 4 is 43.6 Å². The fraction of sp³-hybridized carbons (Fsp3) is 0. The Morgan fingerprint density at radius 1 is 0.300 bits per heavy atom. The minimum absolute atomic E-state index is 0.143. The van der Waals surface area contributed by atoms with Crippen LogP contribution >= 0.6 is 0 Å². The Labute approximate surface area is 318 Å². The van der Waals surface area contributed by atoms with E-state index in [2.05, 4.69) is 0 Å². The van der Waals surface area contributed by atoms with E-state index in [-0.39, 0.29) is 23.5 Å². The van der Waals surface area contributed by atoms with Gasteiger partial charge in [0.15, 0.2) is 0 Å². The van der Waals surface area contributed by atoms with Crippen LogP contribution in [0.1, 0.15) is 27.4 Å². The van der Waals surface area contributed by atoms with E-state index in [1.54, 1.807) is 48.5 Å². The number of hydrogen-bond acceptors (Lipinski definition) is 0. The average molecular weight is 657 g/mol. The van der Waals surface area contributed by atoms with Gasteiger partial charge in [-0.1, -0.05) is 133 Å². The van der Waals surface area contributed by atoms with E-state index in [1.807, 2.05) is 12.1 Å². The Kier molecular flexibility index (Phi) is 3.42. The van der Waals surface area contributed by atoms with Gasteiger partial charge in [-0.05, 0) is 93.9 Å². The van der Waals surface area contributed by atoms with Crippen LogP contribution in [0.5, 0.6) is 0 Å². The summed E-state index contributed by atoms with van der Waals surface area (Å²) in [5.74, 6) is 0. The summed E-state index contributed by atoms with van der Waals surface area (Å²) in [7, 11) is 0. The summed E-state index contributed by atoms with van der Waals surface area (Å²) >= 11 is 0. The second kappa shape index (κ2) is 11.5. The van der Waals surface area contributed by atoms with E-state index in [4.69, 9.17) is 21.9 Å². The minimum atomic E-state index is -0.690. The number of aromatic nitrogens is 2. The second-order valence-corrected chi connectivity index (χ2v) is 11.5. The molecule has 2 nitrogen and oxygen atoms in total. The summed E-state index contributed by atoms with van der Waals surface area (Å²) in [6.45, 7) is 0. The maximum Gasteiger partial charge on any atom is 0.0645 e. The molecule has 234 valence electrons. The largest absolute Gasteiger partial charge is 0.309 e. The summed E-state index contributed by atoms with van der Waals surface area (Å²) in [6.07, 6.45) is 0. The van der Waals surface area contributed by atoms with Crippen molar-refractivity contribution in [3.63, 3.8) is 0 Å². The van der Waals surface area contributed by atoms with E-state index in [0.717, 1.165) is 0 Å². The van der Waals surface area contributed by atoms with E-state index in [9.17, 15) is 5.48 Å². The normalized spacial score (nSPS) is 17.2. The van der Waals surface area contributed by atoms with E-state index < -0.39 is 131 Å². The van der Waals surface area contributed by atoms with Crippen LogP contribution in [0, 0.1) is 0 Å². The minimum Gasteiger partial charge on any atom is -0.309 e. The molecule has 0 spiro atoms. The smallest absolute Gasteiger partial charge is 0.0645 e. The maximum atomic E-state index is 9.22. The van der Waals surface area contributed by atoms with Crippen molar-refractivity contribution in [2.24, 2.45) is 0 Å². The molecule has 0 unspecified atom stereocenters. The first-order valence-corrected chi connectivity index (χ1v) is 15.5. The molecule has 0 aliphatic carbocycles. The van der Waals surface area contributed by atoms with Crippen molar-refractivity contribution in [2.75, 3.05) is 0 Å². The Balaban J connectivity index is 1.17. The van der Waals surface area contributed by atoms with E-state index >= 15 is 0 Å². The van der Waals surface area contributed by atoms with Crippen LogP contribution in [0.3, 0.4) is 0 Å². The molecule has 0 aliphatic rings. The molecule has 0 atom stereocenters. The highest BCUT2D eigenvalue weighted by molar-refractivity contribution is 6.12. The summed E-state index contributed by atoms with van der Waals surface area (Å²) in [5, 5.41) is 2.18. The monoisotopic (exact) mass is 656 g/mol. The molecule has 10 aromatic rings. The SMILES string of the molecule is [2H]c1ccc2c(c1)c1cc(-c3ccc4c(c3)c3cc([2H])ccc3n4-c3c([2H])c([2H])c(-c4c([2H])c([2H])c([2H])c([2H])c4[2H])c([2H])c3[2H])ccc1n2-c1c([2H])c([2H])c(-c2c([2H])c([2H])c([2H])c([2H])c2[2H])c([2H])c1[2H]. The van der Waals surface area contributed by atoms with Crippen LogP contribution in [-0.2, 0) is 0 Å². The third-order valence-electron chi connectivity index (χ3n) is 8.72. The maximum absolute atomic E-state index is 9.22. The fourth-order valence-corrected chi connectivity index (χ4v) is 6.50. The number of para-hydroxylation sites is 2. The number of fused-ring (bicyclic) bond motifs is 6. The van der Waals surface area contributed by atoms with Gasteiger partial charge in [-0.15, -0.1) is 0 Å². The van der Waals surface area contributed by atoms with Crippen molar-refractivity contribution in [1.29, 1.82) is 0 Å². The molecule has 0 radical (unpaired) electrons. The number of benzene rings is 8. The molecule has 0 bridgehead atoms. The predicted octanol–water partition coefficient (Wildman–Crippen LogP) is 12.9. The van der Waals surface area contributed by atoms with Crippen LogP contribution < -0.4 is 0 Å². The predicted molar refractivity (Wildman–Crippen MR) is 211 cm³/mol. The molecule has 0 aliphatic heterocycles. The van der Waals surface area contributed by atoms with Crippen LogP contribution in [0.15, 0.2) is 194 Å². The zero-order valence-corrected chi connectivity index (χ0v) is 25.8. The molecule has 50 heavy (non-hydrogen) atoms. The van der Waals surface area contributed by atoms with E-state index in [0.29, 0.717) is 54.7 Å². The molecule has 10 rings (SSSR count). The number of nitrogens with zero attached hydrogens (tertiary/aromatic N) is 2. The quantitative estimate of drug-likeness (QED) is 0.174. The first-order valence-electron chi connectivity index (χ1n) is 25.5. The van der Waals surface area contributed by atoms with Gasteiger partial charge in [-0.2, -0.15) is 0 Å². The molecule has 0 amide bonds. The molecule has 8 aromatic carbocycles. The first-order chi connectivity index (χ1) is 33.1. The summed E-state index contributed by atoms with van der Waals surface area (Å²) in [5.41, 5.74) is 0.844. The van der Waals surface area contributed by atoms with Gasteiger partial charge in [0.1, 0.15) is 0 Å². The Morgan fingerprint density at radius 3 is 1.10 bits per heavy atom. The van der Waals surface area contributed by atoms with Crippen LogP contribution in [0.4, 0.5) is 0 Å². The third-order valence-corrected chi connectivity index (χ3v) is 8.72. The molecule has 0 saturated heterocycles. The van der Waals surface area contributed by atoms with Crippen LogP contribution in [-0.4, -0.2) is 9.13 Å². The number of rotatable bonds is 5. The first kappa shape index (κ1) is 14.9. The second-order valence-electron chi connectivity index (χ2n) is 11.5. The zero-order chi connectivity index (χ0) is 50.4. The lowest BCUT2D eigenvalue weighted by molar-refractivity contribution is 1.18. The van der Waals surface area contributed by atoms with Gasteiger partial charge in [-0.25, -0.2) is 0 Å². The molecule has 2 aromatic heterocycles. The molecular formula is C48H32N2. The average Bonchev–Trinajstić information content (AvgIpc) is 3.83. The molecular weight excluding hydrogens is 605 g/mol. The van der Waals surface area contributed by atoms with Gasteiger partial charge in [0.25, 0.3) is 0 Å². The highest BCUT2D eigenvalue weighted by Crippen LogP contribution is 2.38. The molecule has 2 heterocycles. The highest BCUT2D eigenvalue weighted by Gasteiger charge is 2.16. The zero-order valence-electron chi connectivity index (χ0n) is 45.8.